The number of fused-ring (bicyclic) bond motifs is 1. The second-order valence-electron chi connectivity index (χ2n) is 6.03. The summed E-state index contributed by atoms with van der Waals surface area (Å²) in [6.07, 6.45) is 7.23. The molecule has 1 unspecified atom stereocenters. The second-order valence-corrected chi connectivity index (χ2v) is 6.03. The molecule has 0 bridgehead atoms. The summed E-state index contributed by atoms with van der Waals surface area (Å²) in [5, 5.41) is 8.41. The van der Waals surface area contributed by atoms with Gasteiger partial charge in [0.2, 0.25) is 0 Å². The van der Waals surface area contributed by atoms with Gasteiger partial charge in [0.15, 0.2) is 5.82 Å². The van der Waals surface area contributed by atoms with Crippen LogP contribution in [0.3, 0.4) is 0 Å². The Morgan fingerprint density at radius 3 is 3.00 bits per heavy atom. The molecular formula is C17H20N6. The van der Waals surface area contributed by atoms with Crippen LogP contribution in [-0.2, 0) is 0 Å². The first-order valence-corrected chi connectivity index (χ1v) is 7.97. The van der Waals surface area contributed by atoms with Crippen LogP contribution in [0.4, 0.5) is 0 Å². The Labute approximate surface area is 134 Å². The SMILES string of the molecule is Cc1nc(C(C)N2CC=C(c3c[nH]c4ncccc34)CC2)n[nH]1. The van der Waals surface area contributed by atoms with Crippen molar-refractivity contribution in [3.05, 3.63) is 47.8 Å². The van der Waals surface area contributed by atoms with Crippen LogP contribution < -0.4 is 0 Å². The molecule has 4 heterocycles. The highest BCUT2D eigenvalue weighted by atomic mass is 15.3. The lowest BCUT2D eigenvalue weighted by atomic mass is 9.99. The molecule has 4 rings (SSSR count). The standard InChI is InChI=1S/C17H20N6/c1-11(16-20-12(2)21-22-16)23-8-5-13(6-9-23)15-10-19-17-14(15)4-3-7-18-17/h3-5,7,10-11H,6,8-9H2,1-2H3,(H,18,19)(H,20,21,22). The topological polar surface area (TPSA) is 73.5 Å². The first-order chi connectivity index (χ1) is 11.2. The van der Waals surface area contributed by atoms with Crippen LogP contribution in [0.5, 0.6) is 0 Å². The molecule has 3 aromatic heterocycles. The van der Waals surface area contributed by atoms with E-state index in [1.165, 1.54) is 16.5 Å². The van der Waals surface area contributed by atoms with Crippen molar-refractivity contribution in [1.82, 2.24) is 30.0 Å². The summed E-state index contributed by atoms with van der Waals surface area (Å²) in [7, 11) is 0. The van der Waals surface area contributed by atoms with Crippen LogP contribution in [0, 0.1) is 6.92 Å². The van der Waals surface area contributed by atoms with Crippen molar-refractivity contribution in [2.45, 2.75) is 26.3 Å². The molecule has 0 saturated heterocycles. The molecule has 118 valence electrons. The predicted octanol–water partition coefficient (Wildman–Crippen LogP) is 2.84. The summed E-state index contributed by atoms with van der Waals surface area (Å²) in [5.74, 6) is 1.74. The van der Waals surface area contributed by atoms with E-state index in [9.17, 15) is 0 Å². The first kappa shape index (κ1) is 14.1. The van der Waals surface area contributed by atoms with Crippen molar-refractivity contribution in [3.63, 3.8) is 0 Å². The van der Waals surface area contributed by atoms with Gasteiger partial charge in [-0.1, -0.05) is 6.08 Å². The molecule has 0 aliphatic carbocycles. The van der Waals surface area contributed by atoms with Crippen LogP contribution in [0.25, 0.3) is 16.6 Å². The summed E-state index contributed by atoms with van der Waals surface area (Å²) in [6.45, 7) is 6.02. The van der Waals surface area contributed by atoms with Gasteiger partial charge >= 0.3 is 0 Å². The van der Waals surface area contributed by atoms with Gasteiger partial charge in [-0.25, -0.2) is 9.97 Å². The number of nitrogens with zero attached hydrogens (tertiary/aromatic N) is 4. The highest BCUT2D eigenvalue weighted by Crippen LogP contribution is 2.30. The molecule has 6 heteroatoms. The number of rotatable bonds is 3. The van der Waals surface area contributed by atoms with Crippen LogP contribution in [0.1, 0.15) is 36.6 Å². The van der Waals surface area contributed by atoms with E-state index < -0.39 is 0 Å². The fourth-order valence-electron chi connectivity index (χ4n) is 3.21. The maximum absolute atomic E-state index is 4.45. The zero-order valence-electron chi connectivity index (χ0n) is 13.4. The monoisotopic (exact) mass is 308 g/mol. The molecule has 0 spiro atoms. The molecule has 0 saturated carbocycles. The molecule has 1 aliphatic heterocycles. The largest absolute Gasteiger partial charge is 0.346 e. The Balaban J connectivity index is 1.55. The third-order valence-electron chi connectivity index (χ3n) is 4.57. The fourth-order valence-corrected chi connectivity index (χ4v) is 3.21. The molecule has 2 N–H and O–H groups in total. The number of aryl methyl sites for hydroxylation is 1. The highest BCUT2D eigenvalue weighted by molar-refractivity contribution is 5.90. The number of hydrogen-bond donors (Lipinski definition) is 2. The van der Waals surface area contributed by atoms with E-state index >= 15 is 0 Å². The van der Waals surface area contributed by atoms with E-state index in [0.29, 0.717) is 0 Å². The van der Waals surface area contributed by atoms with Gasteiger partial charge in [0.05, 0.1) is 6.04 Å². The van der Waals surface area contributed by atoms with Crippen LogP contribution in [-0.4, -0.2) is 43.1 Å². The lowest BCUT2D eigenvalue weighted by Crippen LogP contribution is -2.31. The van der Waals surface area contributed by atoms with Gasteiger partial charge in [-0.15, -0.1) is 0 Å². The van der Waals surface area contributed by atoms with Crippen molar-refractivity contribution >= 4 is 16.6 Å². The minimum absolute atomic E-state index is 0.224. The maximum Gasteiger partial charge on any atom is 0.167 e. The van der Waals surface area contributed by atoms with Gasteiger partial charge in [0.1, 0.15) is 11.5 Å². The van der Waals surface area contributed by atoms with Crippen molar-refractivity contribution < 1.29 is 0 Å². The molecule has 0 fully saturated rings. The average Bonchev–Trinajstić information content (AvgIpc) is 3.21. The van der Waals surface area contributed by atoms with Gasteiger partial charge < -0.3 is 4.98 Å². The van der Waals surface area contributed by atoms with Gasteiger partial charge in [0, 0.05) is 36.4 Å². The summed E-state index contributed by atoms with van der Waals surface area (Å²) >= 11 is 0. The molecule has 0 amide bonds. The molecule has 23 heavy (non-hydrogen) atoms. The van der Waals surface area contributed by atoms with Gasteiger partial charge in [-0.2, -0.15) is 5.10 Å². The van der Waals surface area contributed by atoms with Crippen molar-refractivity contribution in [2.75, 3.05) is 13.1 Å². The normalized spacial score (nSPS) is 17.4. The summed E-state index contributed by atoms with van der Waals surface area (Å²) < 4.78 is 0. The zero-order valence-corrected chi connectivity index (χ0v) is 13.4. The minimum Gasteiger partial charge on any atom is -0.346 e. The molecular weight excluding hydrogens is 288 g/mol. The maximum atomic E-state index is 4.45. The molecule has 3 aromatic rings. The number of aromatic nitrogens is 5. The smallest absolute Gasteiger partial charge is 0.167 e. The number of nitrogens with one attached hydrogen (secondary N) is 2. The Bertz CT molecular complexity index is 859. The van der Waals surface area contributed by atoms with E-state index in [1.54, 1.807) is 0 Å². The Kier molecular flexibility index (Phi) is 3.46. The molecule has 1 atom stereocenters. The number of H-pyrrole nitrogens is 2. The van der Waals surface area contributed by atoms with Crippen LogP contribution in [0.15, 0.2) is 30.6 Å². The van der Waals surface area contributed by atoms with Crippen molar-refractivity contribution in [3.8, 4) is 0 Å². The Hall–Kier alpha value is -2.47. The van der Waals surface area contributed by atoms with Gasteiger partial charge in [0.25, 0.3) is 0 Å². The minimum atomic E-state index is 0.224. The molecule has 0 radical (unpaired) electrons. The first-order valence-electron chi connectivity index (χ1n) is 7.97. The van der Waals surface area contributed by atoms with Crippen molar-refractivity contribution in [2.24, 2.45) is 0 Å². The van der Waals surface area contributed by atoms with E-state index in [4.69, 9.17) is 0 Å². The van der Waals surface area contributed by atoms with E-state index in [-0.39, 0.29) is 6.04 Å². The van der Waals surface area contributed by atoms with E-state index in [1.807, 2.05) is 19.2 Å². The third kappa shape index (κ3) is 2.55. The number of pyridine rings is 1. The molecule has 0 aromatic carbocycles. The highest BCUT2D eigenvalue weighted by Gasteiger charge is 2.22. The van der Waals surface area contributed by atoms with Gasteiger partial charge in [-0.05, 0) is 38.0 Å². The third-order valence-corrected chi connectivity index (χ3v) is 4.57. The lowest BCUT2D eigenvalue weighted by molar-refractivity contribution is 0.225. The van der Waals surface area contributed by atoms with Crippen molar-refractivity contribution in [1.29, 1.82) is 0 Å². The molecule has 1 aliphatic rings. The number of hydrogen-bond acceptors (Lipinski definition) is 4. The second kappa shape index (κ2) is 5.62. The summed E-state index contributed by atoms with van der Waals surface area (Å²) in [5.41, 5.74) is 3.61. The Morgan fingerprint density at radius 1 is 1.35 bits per heavy atom. The summed E-state index contributed by atoms with van der Waals surface area (Å²) in [4.78, 5) is 14.5. The molecule has 6 nitrogen and oxygen atoms in total. The lowest BCUT2D eigenvalue weighted by Gasteiger charge is -2.30. The van der Waals surface area contributed by atoms with Gasteiger partial charge in [-0.3, -0.25) is 10.00 Å². The Morgan fingerprint density at radius 2 is 2.26 bits per heavy atom. The van der Waals surface area contributed by atoms with Crippen LogP contribution >= 0.6 is 0 Å². The van der Waals surface area contributed by atoms with E-state index in [0.717, 1.165) is 36.8 Å². The predicted molar refractivity (Wildman–Crippen MR) is 89.8 cm³/mol. The summed E-state index contributed by atoms with van der Waals surface area (Å²) in [6, 6.07) is 4.34. The quantitative estimate of drug-likeness (QED) is 0.780. The van der Waals surface area contributed by atoms with Crippen LogP contribution in [0.2, 0.25) is 0 Å². The number of aromatic amines is 2. The zero-order chi connectivity index (χ0) is 15.8. The average molecular weight is 308 g/mol. The fraction of sp³-hybridized carbons (Fsp3) is 0.353. The van der Waals surface area contributed by atoms with E-state index in [2.05, 4.69) is 55.3 Å².